The lowest BCUT2D eigenvalue weighted by atomic mass is 10.3. The summed E-state index contributed by atoms with van der Waals surface area (Å²) in [5, 5.41) is 2.94. The number of hydrogen-bond donors (Lipinski definition) is 1. The summed E-state index contributed by atoms with van der Waals surface area (Å²) in [5.41, 5.74) is 0. The van der Waals surface area contributed by atoms with Gasteiger partial charge in [-0.05, 0) is 40.2 Å². The van der Waals surface area contributed by atoms with Crippen LogP contribution in [0.5, 0.6) is 0 Å². The Kier molecular flexibility index (Phi) is 8.14. The van der Waals surface area contributed by atoms with Crippen LogP contribution < -0.4 is 5.32 Å². The van der Waals surface area contributed by atoms with Crippen LogP contribution in [0.1, 0.15) is 0 Å². The fourth-order valence-corrected chi connectivity index (χ4v) is 6.23. The van der Waals surface area contributed by atoms with Crippen molar-refractivity contribution in [3.8, 4) is 0 Å². The van der Waals surface area contributed by atoms with Crippen LogP contribution in [0.15, 0.2) is 68.9 Å². The molecule has 3 rings (SSSR count). The van der Waals surface area contributed by atoms with E-state index in [1.165, 1.54) is 9.20 Å². The number of carbonyl (C=O) groups excluding carboxylic acids is 1. The number of amides is 1. The molecule has 1 heterocycles. The summed E-state index contributed by atoms with van der Waals surface area (Å²) in [6.07, 6.45) is 0. The van der Waals surface area contributed by atoms with E-state index in [-0.39, 0.29) is 10.8 Å². The predicted molar refractivity (Wildman–Crippen MR) is 120 cm³/mol. The summed E-state index contributed by atoms with van der Waals surface area (Å²) in [4.78, 5) is 15.6. The number of benzene rings is 2. The number of piperazine rings is 1. The largest absolute Gasteiger partial charge is 0.354 e. The maximum atomic E-state index is 12.8. The zero-order valence-electron chi connectivity index (χ0n) is 16.0. The van der Waals surface area contributed by atoms with Crippen molar-refractivity contribution in [1.82, 2.24) is 14.5 Å². The lowest BCUT2D eigenvalue weighted by Gasteiger charge is -2.33. The molecular weight excluding hydrogens is 474 g/mol. The molecule has 1 aliphatic rings. The molecule has 0 saturated carbocycles. The third-order valence-corrected chi connectivity index (χ3v) is 8.51. The Labute approximate surface area is 184 Å². The van der Waals surface area contributed by atoms with E-state index >= 15 is 0 Å². The molecule has 1 N–H and O–H groups in total. The van der Waals surface area contributed by atoms with Gasteiger partial charge in [-0.1, -0.05) is 30.3 Å². The monoisotopic (exact) mass is 497 g/mol. The van der Waals surface area contributed by atoms with Gasteiger partial charge >= 0.3 is 0 Å². The molecule has 0 radical (unpaired) electrons. The van der Waals surface area contributed by atoms with Crippen molar-refractivity contribution < 1.29 is 13.2 Å². The van der Waals surface area contributed by atoms with Gasteiger partial charge in [-0.3, -0.25) is 9.69 Å². The van der Waals surface area contributed by atoms with Gasteiger partial charge in [0.1, 0.15) is 0 Å². The van der Waals surface area contributed by atoms with Gasteiger partial charge in [0, 0.05) is 47.8 Å². The first-order chi connectivity index (χ1) is 14.0. The fraction of sp³-hybridized carbons (Fsp3) is 0.350. The van der Waals surface area contributed by atoms with Crippen LogP contribution in [-0.4, -0.2) is 68.6 Å². The van der Waals surface area contributed by atoms with Gasteiger partial charge in [0.2, 0.25) is 15.9 Å². The van der Waals surface area contributed by atoms with Gasteiger partial charge < -0.3 is 5.32 Å². The first-order valence-electron chi connectivity index (χ1n) is 9.38. The van der Waals surface area contributed by atoms with Gasteiger partial charge in [-0.15, -0.1) is 11.8 Å². The van der Waals surface area contributed by atoms with E-state index in [2.05, 4.69) is 21.2 Å². The Morgan fingerprint density at radius 2 is 1.66 bits per heavy atom. The minimum Gasteiger partial charge on any atom is -0.354 e. The van der Waals surface area contributed by atoms with E-state index in [1.54, 1.807) is 36.0 Å². The molecule has 1 amide bonds. The van der Waals surface area contributed by atoms with Crippen molar-refractivity contribution in [2.24, 2.45) is 0 Å². The molecule has 0 spiro atoms. The molecule has 0 aliphatic carbocycles. The highest BCUT2D eigenvalue weighted by Gasteiger charge is 2.30. The van der Waals surface area contributed by atoms with Crippen molar-refractivity contribution in [3.05, 3.63) is 59.1 Å². The third kappa shape index (κ3) is 6.29. The minimum absolute atomic E-state index is 0.0271. The molecule has 1 fully saturated rings. The summed E-state index contributed by atoms with van der Waals surface area (Å²) in [7, 11) is -3.53. The highest BCUT2D eigenvalue weighted by atomic mass is 79.9. The average Bonchev–Trinajstić information content (AvgIpc) is 2.72. The Morgan fingerprint density at radius 1 is 1.00 bits per heavy atom. The van der Waals surface area contributed by atoms with Crippen molar-refractivity contribution in [2.45, 2.75) is 9.79 Å². The number of nitrogens with one attached hydrogen (secondary N) is 1. The van der Waals surface area contributed by atoms with Crippen LogP contribution in [0.25, 0.3) is 0 Å². The lowest BCUT2D eigenvalue weighted by molar-refractivity contribution is -0.122. The van der Waals surface area contributed by atoms with Crippen LogP contribution in [0.4, 0.5) is 0 Å². The smallest absolute Gasteiger partial charge is 0.244 e. The molecule has 1 aliphatic heterocycles. The van der Waals surface area contributed by atoms with Crippen LogP contribution in [0.2, 0.25) is 0 Å². The van der Waals surface area contributed by atoms with Gasteiger partial charge in [-0.2, -0.15) is 4.31 Å². The summed E-state index contributed by atoms with van der Waals surface area (Å²) >= 11 is 5.02. The Balaban J connectivity index is 1.40. The summed E-state index contributed by atoms with van der Waals surface area (Å²) in [5.74, 6) is 0.786. The second-order valence-electron chi connectivity index (χ2n) is 6.62. The lowest BCUT2D eigenvalue weighted by Crippen LogP contribution is -2.51. The predicted octanol–water partition coefficient (Wildman–Crippen LogP) is 2.66. The van der Waals surface area contributed by atoms with E-state index in [4.69, 9.17) is 0 Å². The Morgan fingerprint density at radius 3 is 2.34 bits per heavy atom. The number of carbonyl (C=O) groups is 1. The number of nitrogens with zero attached hydrogens (tertiary/aromatic N) is 2. The number of halogens is 1. The molecule has 2 aromatic rings. The highest BCUT2D eigenvalue weighted by molar-refractivity contribution is 9.10. The van der Waals surface area contributed by atoms with E-state index < -0.39 is 10.0 Å². The van der Waals surface area contributed by atoms with E-state index in [1.807, 2.05) is 35.2 Å². The number of rotatable bonds is 8. The topological polar surface area (TPSA) is 69.7 Å². The van der Waals surface area contributed by atoms with Crippen LogP contribution in [0, 0.1) is 0 Å². The number of thioether (sulfide) groups is 1. The first kappa shape index (κ1) is 22.3. The molecule has 1 saturated heterocycles. The molecule has 0 aromatic heterocycles. The molecule has 2 aromatic carbocycles. The molecule has 156 valence electrons. The Bertz CT molecular complexity index is 918. The minimum atomic E-state index is -3.53. The van der Waals surface area contributed by atoms with Crippen LogP contribution >= 0.6 is 27.7 Å². The fourth-order valence-electron chi connectivity index (χ4n) is 3.06. The van der Waals surface area contributed by atoms with Crippen molar-refractivity contribution in [3.63, 3.8) is 0 Å². The second kappa shape index (κ2) is 10.6. The molecular formula is C20H24BrN3O3S2. The molecule has 0 atom stereocenters. The molecule has 9 heteroatoms. The Hall–Kier alpha value is -1.39. The SMILES string of the molecule is O=C(CN1CCN(S(=O)(=O)c2ccccc2Br)CC1)NCCSc1ccccc1. The zero-order chi connectivity index (χ0) is 20.7. The summed E-state index contributed by atoms with van der Waals surface area (Å²) < 4.78 is 27.7. The van der Waals surface area contributed by atoms with Crippen LogP contribution in [-0.2, 0) is 14.8 Å². The highest BCUT2D eigenvalue weighted by Crippen LogP contribution is 2.25. The van der Waals surface area contributed by atoms with Crippen LogP contribution in [0.3, 0.4) is 0 Å². The van der Waals surface area contributed by atoms with E-state index in [0.717, 1.165) is 5.75 Å². The van der Waals surface area contributed by atoms with Gasteiger partial charge in [0.05, 0.1) is 11.4 Å². The van der Waals surface area contributed by atoms with Crippen molar-refractivity contribution in [2.75, 3.05) is 45.0 Å². The van der Waals surface area contributed by atoms with Gasteiger partial charge in [0.15, 0.2) is 0 Å². The van der Waals surface area contributed by atoms with Gasteiger partial charge in [0.25, 0.3) is 0 Å². The zero-order valence-corrected chi connectivity index (χ0v) is 19.2. The normalized spacial score (nSPS) is 15.9. The molecule has 29 heavy (non-hydrogen) atoms. The van der Waals surface area contributed by atoms with Crippen molar-refractivity contribution >= 4 is 43.6 Å². The molecule has 0 bridgehead atoms. The third-order valence-electron chi connectivity index (χ3n) is 4.59. The summed E-state index contributed by atoms with van der Waals surface area (Å²) in [6.45, 7) is 2.72. The van der Waals surface area contributed by atoms with Gasteiger partial charge in [-0.25, -0.2) is 8.42 Å². The maximum Gasteiger partial charge on any atom is 0.244 e. The first-order valence-corrected chi connectivity index (χ1v) is 12.6. The molecule has 0 unspecified atom stereocenters. The number of sulfonamides is 1. The molecule has 6 nitrogen and oxygen atoms in total. The van der Waals surface area contributed by atoms with E-state index in [9.17, 15) is 13.2 Å². The quantitative estimate of drug-likeness (QED) is 0.448. The average molecular weight is 498 g/mol. The summed E-state index contributed by atoms with van der Waals surface area (Å²) in [6, 6.07) is 16.9. The number of hydrogen-bond acceptors (Lipinski definition) is 5. The maximum absolute atomic E-state index is 12.8. The standard InChI is InChI=1S/C20H24BrN3O3S2/c21-18-8-4-5-9-19(18)29(26,27)24-13-11-23(12-14-24)16-20(25)22-10-15-28-17-6-2-1-3-7-17/h1-9H,10-16H2,(H,22,25). The second-order valence-corrected chi connectivity index (χ2v) is 10.6. The van der Waals surface area contributed by atoms with E-state index in [0.29, 0.717) is 43.7 Å². The van der Waals surface area contributed by atoms with Crippen molar-refractivity contribution in [1.29, 1.82) is 0 Å².